The summed E-state index contributed by atoms with van der Waals surface area (Å²) in [5, 5.41) is 16.1. The Morgan fingerprint density at radius 1 is 1.33 bits per heavy atom. The Hall–Kier alpha value is -2.72. The Balaban J connectivity index is 1.55. The molecular formula is C19H20ClF2N5O3. The number of fused-ring (bicyclic) bond motifs is 3. The Bertz CT molecular complexity index is 997. The summed E-state index contributed by atoms with van der Waals surface area (Å²) >= 11 is 5.76. The standard InChI is InChI=1S/C19H20ClF2N5O3/c20-13-8-11(2-3-14(13)21)23-19(30)26-7-4-15-12(9-26)17-18(29)25(10-16(22)28)5-1-6-27(17)24-15/h2-3,8,16,28H,1,4-7,9-10H2,(H,23,30). The Kier molecular flexibility index (Phi) is 5.61. The van der Waals surface area contributed by atoms with Crippen LogP contribution in [0.5, 0.6) is 0 Å². The fourth-order valence-corrected chi connectivity index (χ4v) is 3.98. The summed E-state index contributed by atoms with van der Waals surface area (Å²) in [4.78, 5) is 28.4. The van der Waals surface area contributed by atoms with E-state index in [4.69, 9.17) is 16.7 Å². The quantitative estimate of drug-likeness (QED) is 0.768. The molecule has 160 valence electrons. The molecule has 8 nitrogen and oxygen atoms in total. The minimum atomic E-state index is -2.12. The summed E-state index contributed by atoms with van der Waals surface area (Å²) in [7, 11) is 0. The van der Waals surface area contributed by atoms with Crippen molar-refractivity contribution < 1.29 is 23.5 Å². The molecule has 1 atom stereocenters. The third-order valence-corrected chi connectivity index (χ3v) is 5.51. The average molecular weight is 440 g/mol. The van der Waals surface area contributed by atoms with E-state index in [0.29, 0.717) is 49.4 Å². The van der Waals surface area contributed by atoms with E-state index in [-0.39, 0.29) is 11.6 Å². The first kappa shape index (κ1) is 20.5. The van der Waals surface area contributed by atoms with E-state index in [1.54, 1.807) is 4.68 Å². The second-order valence-electron chi connectivity index (χ2n) is 7.27. The lowest BCUT2D eigenvalue weighted by atomic mass is 10.0. The predicted molar refractivity (Wildman–Crippen MR) is 104 cm³/mol. The van der Waals surface area contributed by atoms with Crippen LogP contribution in [-0.4, -0.2) is 62.6 Å². The van der Waals surface area contributed by atoms with Crippen LogP contribution in [0.25, 0.3) is 0 Å². The molecule has 0 aliphatic carbocycles. The van der Waals surface area contributed by atoms with Crippen LogP contribution in [0.3, 0.4) is 0 Å². The van der Waals surface area contributed by atoms with E-state index in [1.807, 2.05) is 0 Å². The van der Waals surface area contributed by atoms with Gasteiger partial charge in [0.05, 0.1) is 23.8 Å². The van der Waals surface area contributed by atoms with Gasteiger partial charge in [0.15, 0.2) is 0 Å². The number of aliphatic hydroxyl groups excluding tert-OH is 1. The minimum absolute atomic E-state index is 0.101. The number of rotatable bonds is 3. The van der Waals surface area contributed by atoms with Crippen LogP contribution in [0, 0.1) is 5.82 Å². The van der Waals surface area contributed by atoms with Gasteiger partial charge in [-0.1, -0.05) is 11.6 Å². The Morgan fingerprint density at radius 3 is 2.87 bits per heavy atom. The number of aliphatic hydroxyl groups is 1. The number of anilines is 1. The molecule has 3 amide bonds. The van der Waals surface area contributed by atoms with E-state index in [1.165, 1.54) is 21.9 Å². The molecule has 1 aromatic carbocycles. The highest BCUT2D eigenvalue weighted by Crippen LogP contribution is 2.27. The molecule has 1 aromatic heterocycles. The van der Waals surface area contributed by atoms with Crippen LogP contribution < -0.4 is 5.32 Å². The molecular weight excluding hydrogens is 420 g/mol. The highest BCUT2D eigenvalue weighted by atomic mass is 35.5. The molecule has 0 bridgehead atoms. The minimum Gasteiger partial charge on any atom is -0.363 e. The topological polar surface area (TPSA) is 90.7 Å². The lowest BCUT2D eigenvalue weighted by Gasteiger charge is -2.28. The van der Waals surface area contributed by atoms with Gasteiger partial charge < -0.3 is 20.2 Å². The van der Waals surface area contributed by atoms with Crippen molar-refractivity contribution in [1.82, 2.24) is 19.6 Å². The van der Waals surface area contributed by atoms with Crippen molar-refractivity contribution in [3.05, 3.63) is 46.0 Å². The summed E-state index contributed by atoms with van der Waals surface area (Å²) in [6.07, 6.45) is -1.07. The SMILES string of the molecule is O=C(Nc1ccc(F)c(Cl)c1)N1CCc2nn3c(c2C1)C(=O)N(CC(O)F)CCC3. The van der Waals surface area contributed by atoms with Crippen molar-refractivity contribution in [2.45, 2.75) is 32.3 Å². The molecule has 2 N–H and O–H groups in total. The lowest BCUT2D eigenvalue weighted by Crippen LogP contribution is -2.40. The van der Waals surface area contributed by atoms with Gasteiger partial charge >= 0.3 is 6.03 Å². The van der Waals surface area contributed by atoms with Crippen molar-refractivity contribution in [3.8, 4) is 0 Å². The summed E-state index contributed by atoms with van der Waals surface area (Å²) in [5.41, 5.74) is 2.03. The number of hydrogen-bond acceptors (Lipinski definition) is 4. The fraction of sp³-hybridized carbons (Fsp3) is 0.421. The summed E-state index contributed by atoms with van der Waals surface area (Å²) in [5.74, 6) is -0.994. The molecule has 0 fully saturated rings. The number of alkyl halides is 1. The van der Waals surface area contributed by atoms with Crippen molar-refractivity contribution in [2.75, 3.05) is 25.0 Å². The number of nitrogens with one attached hydrogen (secondary N) is 1. The van der Waals surface area contributed by atoms with Crippen LogP contribution in [0.15, 0.2) is 18.2 Å². The third kappa shape index (κ3) is 3.97. The molecule has 11 heteroatoms. The number of aryl methyl sites for hydroxylation is 1. The van der Waals surface area contributed by atoms with Crippen molar-refractivity contribution >= 4 is 29.2 Å². The molecule has 0 radical (unpaired) electrons. The number of benzene rings is 1. The van der Waals surface area contributed by atoms with Crippen LogP contribution in [0.4, 0.5) is 19.3 Å². The van der Waals surface area contributed by atoms with Crippen LogP contribution in [0.2, 0.25) is 5.02 Å². The lowest BCUT2D eigenvalue weighted by molar-refractivity contribution is 0.00906. The number of carbonyl (C=O) groups excluding carboxylic acids is 2. The van der Waals surface area contributed by atoms with Gasteiger partial charge in [-0.05, 0) is 24.6 Å². The number of amides is 3. The molecule has 2 aliphatic rings. The number of β-amino-alcohol motifs (C(OH)–C–C–N with tert-alkyl or cyclic N) is 1. The highest BCUT2D eigenvalue weighted by Gasteiger charge is 2.34. The van der Waals surface area contributed by atoms with Gasteiger partial charge in [-0.2, -0.15) is 5.10 Å². The van der Waals surface area contributed by atoms with Gasteiger partial charge in [0.1, 0.15) is 11.5 Å². The average Bonchev–Trinajstić information content (AvgIpc) is 2.99. The molecule has 0 saturated carbocycles. The summed E-state index contributed by atoms with van der Waals surface area (Å²) in [6.45, 7) is 0.948. The van der Waals surface area contributed by atoms with Crippen molar-refractivity contribution in [3.63, 3.8) is 0 Å². The molecule has 30 heavy (non-hydrogen) atoms. The fourth-order valence-electron chi connectivity index (χ4n) is 3.80. The smallest absolute Gasteiger partial charge is 0.322 e. The normalized spacial score (nSPS) is 17.3. The molecule has 2 aromatic rings. The van der Waals surface area contributed by atoms with Crippen LogP contribution in [0.1, 0.15) is 28.2 Å². The number of carbonyl (C=O) groups is 2. The third-order valence-electron chi connectivity index (χ3n) is 5.22. The number of aromatic nitrogens is 2. The van der Waals surface area contributed by atoms with Gasteiger partial charge in [0.25, 0.3) is 5.91 Å². The van der Waals surface area contributed by atoms with E-state index in [2.05, 4.69) is 10.4 Å². The number of halogens is 3. The first-order chi connectivity index (χ1) is 14.3. The van der Waals surface area contributed by atoms with Gasteiger partial charge in [-0.25, -0.2) is 13.6 Å². The summed E-state index contributed by atoms with van der Waals surface area (Å²) < 4.78 is 28.0. The monoisotopic (exact) mass is 439 g/mol. The van der Waals surface area contributed by atoms with Crippen LogP contribution in [-0.2, 0) is 19.5 Å². The largest absolute Gasteiger partial charge is 0.363 e. The second-order valence-corrected chi connectivity index (χ2v) is 7.67. The second kappa shape index (κ2) is 8.19. The van der Waals surface area contributed by atoms with Crippen molar-refractivity contribution in [1.29, 1.82) is 0 Å². The molecule has 1 unspecified atom stereocenters. The maximum atomic E-state index is 13.3. The zero-order valence-electron chi connectivity index (χ0n) is 15.9. The van der Waals surface area contributed by atoms with E-state index in [0.717, 1.165) is 11.8 Å². The highest BCUT2D eigenvalue weighted by molar-refractivity contribution is 6.31. The van der Waals surface area contributed by atoms with Gasteiger partial charge in [-0.3, -0.25) is 9.48 Å². The molecule has 4 rings (SSSR count). The predicted octanol–water partition coefficient (Wildman–Crippen LogP) is 2.40. The van der Waals surface area contributed by atoms with E-state index >= 15 is 0 Å². The molecule has 0 saturated heterocycles. The van der Waals surface area contributed by atoms with E-state index < -0.39 is 30.7 Å². The first-order valence-electron chi connectivity index (χ1n) is 9.54. The summed E-state index contributed by atoms with van der Waals surface area (Å²) in [6, 6.07) is 3.47. The number of hydrogen-bond donors (Lipinski definition) is 2. The number of urea groups is 1. The van der Waals surface area contributed by atoms with E-state index in [9.17, 15) is 18.4 Å². The Labute approximate surface area is 176 Å². The maximum Gasteiger partial charge on any atom is 0.322 e. The maximum absolute atomic E-state index is 13.3. The van der Waals surface area contributed by atoms with Gasteiger partial charge in [0.2, 0.25) is 6.36 Å². The molecule has 2 aliphatic heterocycles. The van der Waals surface area contributed by atoms with Gasteiger partial charge in [0, 0.05) is 37.3 Å². The molecule has 0 spiro atoms. The van der Waals surface area contributed by atoms with Crippen LogP contribution >= 0.6 is 11.6 Å². The number of nitrogens with zero attached hydrogens (tertiary/aromatic N) is 4. The van der Waals surface area contributed by atoms with Gasteiger partial charge in [-0.15, -0.1) is 0 Å². The molecule has 3 heterocycles. The zero-order chi connectivity index (χ0) is 21.4. The Morgan fingerprint density at radius 2 is 2.13 bits per heavy atom. The van der Waals surface area contributed by atoms with Crippen molar-refractivity contribution in [2.24, 2.45) is 0 Å². The first-order valence-corrected chi connectivity index (χ1v) is 9.92. The zero-order valence-corrected chi connectivity index (χ0v) is 16.7.